The molecule has 13 heavy (non-hydrogen) atoms. The van der Waals surface area contributed by atoms with Crippen LogP contribution in [0.3, 0.4) is 0 Å². The first-order chi connectivity index (χ1) is 6.18. The number of nitrogens with two attached hydrogens (primary N) is 2. The van der Waals surface area contributed by atoms with Crippen molar-refractivity contribution < 1.29 is 9.84 Å². The maximum Gasteiger partial charge on any atom is 0.139 e. The van der Waals surface area contributed by atoms with E-state index < -0.39 is 0 Å². The van der Waals surface area contributed by atoms with Crippen molar-refractivity contribution in [1.82, 2.24) is 0 Å². The molecule has 0 saturated heterocycles. The number of aromatic hydroxyl groups is 1. The summed E-state index contributed by atoms with van der Waals surface area (Å²) in [4.78, 5) is 0. The van der Waals surface area contributed by atoms with Gasteiger partial charge in [-0.15, -0.1) is 0 Å². The van der Waals surface area contributed by atoms with E-state index in [0.717, 1.165) is 12.0 Å². The molecule has 1 unspecified atom stereocenters. The molecule has 1 aliphatic heterocycles. The Kier molecular flexibility index (Phi) is 1.77. The van der Waals surface area contributed by atoms with Crippen molar-refractivity contribution in [2.24, 2.45) is 5.73 Å². The molecule has 0 aliphatic carbocycles. The zero-order chi connectivity index (χ0) is 9.42. The summed E-state index contributed by atoms with van der Waals surface area (Å²) in [7, 11) is 0. The number of phenols is 1. The predicted octanol–water partition coefficient (Wildman–Crippen LogP) is 0.757. The Balaban J connectivity index is 2.52. The summed E-state index contributed by atoms with van der Waals surface area (Å²) in [6.07, 6.45) is 0.774. The van der Waals surface area contributed by atoms with Gasteiger partial charge in [0.25, 0.3) is 0 Å². The van der Waals surface area contributed by atoms with Crippen molar-refractivity contribution in [1.29, 1.82) is 0 Å². The van der Waals surface area contributed by atoms with Crippen molar-refractivity contribution >= 4 is 5.69 Å². The number of hydrogen-bond donors (Lipinski definition) is 3. The molecule has 1 aromatic rings. The van der Waals surface area contributed by atoms with E-state index in [2.05, 4.69) is 0 Å². The van der Waals surface area contributed by atoms with Gasteiger partial charge in [-0.3, -0.25) is 0 Å². The van der Waals surface area contributed by atoms with Gasteiger partial charge >= 0.3 is 0 Å². The molecule has 1 heterocycles. The van der Waals surface area contributed by atoms with Gasteiger partial charge in [-0.25, -0.2) is 0 Å². The number of phenolic OH excluding ortho intramolecular Hbond substituents is 1. The Hall–Kier alpha value is -1.42. The Morgan fingerprint density at radius 3 is 3.00 bits per heavy atom. The molecule has 5 N–H and O–H groups in total. The summed E-state index contributed by atoms with van der Waals surface area (Å²) < 4.78 is 5.36. The first kappa shape index (κ1) is 8.19. The topological polar surface area (TPSA) is 81.5 Å². The van der Waals surface area contributed by atoms with Crippen LogP contribution in [-0.2, 0) is 0 Å². The Morgan fingerprint density at radius 1 is 1.46 bits per heavy atom. The predicted molar refractivity (Wildman–Crippen MR) is 49.6 cm³/mol. The van der Waals surface area contributed by atoms with Crippen LogP contribution in [0.5, 0.6) is 11.5 Å². The zero-order valence-electron chi connectivity index (χ0n) is 7.16. The van der Waals surface area contributed by atoms with Crippen LogP contribution in [0.2, 0.25) is 0 Å². The van der Waals surface area contributed by atoms with Gasteiger partial charge < -0.3 is 21.3 Å². The molecule has 70 valence electrons. The number of rotatable bonds is 0. The number of fused-ring (bicyclic) bond motifs is 1. The fraction of sp³-hybridized carbons (Fsp3) is 0.333. The van der Waals surface area contributed by atoms with Crippen molar-refractivity contribution in [3.63, 3.8) is 0 Å². The fourth-order valence-electron chi connectivity index (χ4n) is 1.47. The molecule has 0 saturated carbocycles. The van der Waals surface area contributed by atoms with E-state index in [4.69, 9.17) is 16.2 Å². The number of anilines is 1. The van der Waals surface area contributed by atoms with Gasteiger partial charge in [-0.05, 0) is 6.07 Å². The van der Waals surface area contributed by atoms with E-state index in [0.29, 0.717) is 18.0 Å². The molecule has 4 heteroatoms. The van der Waals surface area contributed by atoms with Gasteiger partial charge in [-0.1, -0.05) is 0 Å². The Bertz CT molecular complexity index is 339. The monoisotopic (exact) mass is 180 g/mol. The van der Waals surface area contributed by atoms with E-state index in [1.165, 1.54) is 0 Å². The maximum absolute atomic E-state index is 9.36. The highest BCUT2D eigenvalue weighted by Gasteiger charge is 2.19. The molecule has 1 aliphatic rings. The minimum atomic E-state index is -0.0600. The van der Waals surface area contributed by atoms with Gasteiger partial charge in [0.15, 0.2) is 0 Å². The molecule has 0 fully saturated rings. The highest BCUT2D eigenvalue weighted by Crippen LogP contribution is 2.36. The highest BCUT2D eigenvalue weighted by molar-refractivity contribution is 5.59. The summed E-state index contributed by atoms with van der Waals surface area (Å²) in [5, 5.41) is 9.36. The highest BCUT2D eigenvalue weighted by atomic mass is 16.5. The van der Waals surface area contributed by atoms with Crippen LogP contribution in [0.4, 0.5) is 5.69 Å². The summed E-state index contributed by atoms with van der Waals surface area (Å²) in [5.41, 5.74) is 12.5. The molecule has 0 spiro atoms. The third kappa shape index (κ3) is 1.29. The quantitative estimate of drug-likeness (QED) is 0.406. The lowest BCUT2D eigenvalue weighted by molar-refractivity contribution is 0.268. The Morgan fingerprint density at radius 2 is 2.23 bits per heavy atom. The van der Waals surface area contributed by atoms with Crippen molar-refractivity contribution in [2.75, 3.05) is 12.3 Å². The van der Waals surface area contributed by atoms with Gasteiger partial charge in [0.05, 0.1) is 12.3 Å². The minimum Gasteiger partial charge on any atom is -0.506 e. The van der Waals surface area contributed by atoms with Gasteiger partial charge in [0.2, 0.25) is 0 Å². The second-order valence-corrected chi connectivity index (χ2v) is 3.19. The van der Waals surface area contributed by atoms with E-state index in [1.807, 2.05) is 0 Å². The molecule has 0 aromatic heterocycles. The molecule has 0 amide bonds. The van der Waals surface area contributed by atoms with E-state index in [-0.39, 0.29) is 11.8 Å². The van der Waals surface area contributed by atoms with Crippen LogP contribution in [0, 0.1) is 0 Å². The van der Waals surface area contributed by atoms with Crippen LogP contribution >= 0.6 is 0 Å². The maximum atomic E-state index is 9.36. The SMILES string of the molecule is Nc1cc2c(cc1O)C(N)CCO2. The van der Waals surface area contributed by atoms with Gasteiger partial charge in [0, 0.05) is 24.1 Å². The summed E-state index contributed by atoms with van der Waals surface area (Å²) in [5.74, 6) is 0.758. The molecular weight excluding hydrogens is 168 g/mol. The molecule has 0 bridgehead atoms. The summed E-state index contributed by atoms with van der Waals surface area (Å²) >= 11 is 0. The number of benzene rings is 1. The van der Waals surface area contributed by atoms with E-state index in [9.17, 15) is 5.11 Å². The van der Waals surface area contributed by atoms with Crippen LogP contribution in [0.15, 0.2) is 12.1 Å². The molecule has 1 atom stereocenters. The second kappa shape index (κ2) is 2.81. The molecule has 2 rings (SSSR count). The second-order valence-electron chi connectivity index (χ2n) is 3.19. The van der Waals surface area contributed by atoms with Gasteiger partial charge in [0.1, 0.15) is 11.5 Å². The first-order valence-electron chi connectivity index (χ1n) is 4.19. The van der Waals surface area contributed by atoms with Crippen LogP contribution in [0.25, 0.3) is 0 Å². The number of ether oxygens (including phenoxy) is 1. The lowest BCUT2D eigenvalue weighted by Gasteiger charge is -2.23. The number of nitrogen functional groups attached to an aromatic ring is 1. The van der Waals surface area contributed by atoms with Gasteiger partial charge in [-0.2, -0.15) is 0 Å². The smallest absolute Gasteiger partial charge is 0.139 e. The van der Waals surface area contributed by atoms with Crippen LogP contribution < -0.4 is 16.2 Å². The summed E-state index contributed by atoms with van der Waals surface area (Å²) in [6, 6.07) is 3.13. The lowest BCUT2D eigenvalue weighted by Crippen LogP contribution is -2.20. The van der Waals surface area contributed by atoms with Crippen molar-refractivity contribution in [3.8, 4) is 11.5 Å². The van der Waals surface area contributed by atoms with Crippen LogP contribution in [-0.4, -0.2) is 11.7 Å². The lowest BCUT2D eigenvalue weighted by atomic mass is 10.0. The normalized spacial score (nSPS) is 20.5. The molecular formula is C9H12N2O2. The third-order valence-electron chi connectivity index (χ3n) is 2.24. The number of hydrogen-bond acceptors (Lipinski definition) is 4. The molecule has 1 aromatic carbocycles. The molecule has 0 radical (unpaired) electrons. The average molecular weight is 180 g/mol. The van der Waals surface area contributed by atoms with E-state index in [1.54, 1.807) is 12.1 Å². The van der Waals surface area contributed by atoms with Crippen molar-refractivity contribution in [3.05, 3.63) is 17.7 Å². The minimum absolute atomic E-state index is 0.0600. The summed E-state index contributed by atoms with van der Waals surface area (Å²) in [6.45, 7) is 0.610. The largest absolute Gasteiger partial charge is 0.506 e. The molecule has 4 nitrogen and oxygen atoms in total. The fourth-order valence-corrected chi connectivity index (χ4v) is 1.47. The third-order valence-corrected chi connectivity index (χ3v) is 2.24. The Labute approximate surface area is 76.1 Å². The average Bonchev–Trinajstić information content (AvgIpc) is 2.09. The standard InChI is InChI=1S/C9H12N2O2/c10-6-1-2-13-9-4-7(11)8(12)3-5(6)9/h3-4,6,12H,1-2,10-11H2. The van der Waals surface area contributed by atoms with Crippen LogP contribution in [0.1, 0.15) is 18.0 Å². The zero-order valence-corrected chi connectivity index (χ0v) is 7.16. The first-order valence-corrected chi connectivity index (χ1v) is 4.19. The van der Waals surface area contributed by atoms with E-state index >= 15 is 0 Å². The van der Waals surface area contributed by atoms with Crippen molar-refractivity contribution in [2.45, 2.75) is 12.5 Å².